The highest BCUT2D eigenvalue weighted by Gasteiger charge is 2.28. The summed E-state index contributed by atoms with van der Waals surface area (Å²) in [7, 11) is 0. The van der Waals surface area contributed by atoms with E-state index in [9.17, 15) is 4.79 Å². The zero-order valence-electron chi connectivity index (χ0n) is 9.74. The second-order valence-electron chi connectivity index (χ2n) is 4.63. The van der Waals surface area contributed by atoms with E-state index in [0.29, 0.717) is 12.5 Å². The predicted octanol–water partition coefficient (Wildman–Crippen LogP) is 2.99. The molecule has 0 bridgehead atoms. The van der Waals surface area contributed by atoms with Crippen LogP contribution in [0.4, 0.5) is 0 Å². The second kappa shape index (κ2) is 5.48. The summed E-state index contributed by atoms with van der Waals surface area (Å²) >= 11 is 1.77. The Balaban J connectivity index is 1.60. The summed E-state index contributed by atoms with van der Waals surface area (Å²) in [5.74, 6) is 0.970. The Labute approximate surface area is 101 Å². The number of carbonyl (C=O) groups excluding carboxylic acids is 1. The van der Waals surface area contributed by atoms with Crippen molar-refractivity contribution in [2.45, 2.75) is 45.1 Å². The van der Waals surface area contributed by atoms with Gasteiger partial charge in [0.25, 0.3) is 0 Å². The summed E-state index contributed by atoms with van der Waals surface area (Å²) in [6.45, 7) is 2.12. The van der Waals surface area contributed by atoms with Crippen LogP contribution >= 0.6 is 11.3 Å². The van der Waals surface area contributed by atoms with Crippen molar-refractivity contribution < 1.29 is 4.79 Å². The number of amides is 1. The Bertz CT molecular complexity index is 330. The van der Waals surface area contributed by atoms with Crippen LogP contribution in [0.1, 0.15) is 37.5 Å². The molecule has 16 heavy (non-hydrogen) atoms. The Kier molecular flexibility index (Phi) is 3.99. The Morgan fingerprint density at radius 2 is 2.44 bits per heavy atom. The molecule has 1 atom stereocenters. The SMILES string of the molecule is CC(NC(=O)CCCc1cccs1)C1CC1. The van der Waals surface area contributed by atoms with E-state index in [-0.39, 0.29) is 5.91 Å². The smallest absolute Gasteiger partial charge is 0.220 e. The van der Waals surface area contributed by atoms with Crippen LogP contribution < -0.4 is 5.32 Å². The summed E-state index contributed by atoms with van der Waals surface area (Å²) in [4.78, 5) is 13.0. The third kappa shape index (κ3) is 3.63. The number of hydrogen-bond acceptors (Lipinski definition) is 2. The van der Waals surface area contributed by atoms with Gasteiger partial charge in [0, 0.05) is 17.3 Å². The predicted molar refractivity (Wildman–Crippen MR) is 67.6 cm³/mol. The summed E-state index contributed by atoms with van der Waals surface area (Å²) < 4.78 is 0. The topological polar surface area (TPSA) is 29.1 Å². The summed E-state index contributed by atoms with van der Waals surface area (Å²) in [6.07, 6.45) is 5.23. The van der Waals surface area contributed by atoms with Crippen molar-refractivity contribution in [2.24, 2.45) is 5.92 Å². The van der Waals surface area contributed by atoms with Crippen LogP contribution in [0.5, 0.6) is 0 Å². The molecule has 0 aromatic carbocycles. The van der Waals surface area contributed by atoms with Crippen molar-refractivity contribution in [1.29, 1.82) is 0 Å². The molecule has 3 heteroatoms. The van der Waals surface area contributed by atoms with Crippen LogP contribution in [-0.4, -0.2) is 11.9 Å². The highest BCUT2D eigenvalue weighted by molar-refractivity contribution is 7.09. The molecule has 0 saturated heterocycles. The molecule has 0 radical (unpaired) electrons. The first-order valence-corrected chi connectivity index (χ1v) is 6.95. The standard InChI is InChI=1S/C13H19NOS/c1-10(11-7-8-11)14-13(15)6-2-4-12-5-3-9-16-12/h3,5,9-11H,2,4,6-8H2,1H3,(H,14,15). The van der Waals surface area contributed by atoms with E-state index in [0.717, 1.165) is 18.8 Å². The summed E-state index contributed by atoms with van der Waals surface area (Å²) in [5.41, 5.74) is 0. The molecular formula is C13H19NOS. The van der Waals surface area contributed by atoms with Gasteiger partial charge in [-0.3, -0.25) is 4.79 Å². The van der Waals surface area contributed by atoms with E-state index >= 15 is 0 Å². The van der Waals surface area contributed by atoms with Crippen LogP contribution in [-0.2, 0) is 11.2 Å². The lowest BCUT2D eigenvalue weighted by atomic mass is 10.2. The first-order chi connectivity index (χ1) is 7.75. The number of aryl methyl sites for hydroxylation is 1. The number of thiophene rings is 1. The lowest BCUT2D eigenvalue weighted by Gasteiger charge is -2.12. The van der Waals surface area contributed by atoms with E-state index in [2.05, 4.69) is 29.8 Å². The van der Waals surface area contributed by atoms with Crippen molar-refractivity contribution in [3.63, 3.8) is 0 Å². The van der Waals surface area contributed by atoms with Crippen molar-refractivity contribution in [3.05, 3.63) is 22.4 Å². The second-order valence-corrected chi connectivity index (χ2v) is 5.66. The largest absolute Gasteiger partial charge is 0.353 e. The van der Waals surface area contributed by atoms with Gasteiger partial charge in [0.05, 0.1) is 0 Å². The molecule has 1 unspecified atom stereocenters. The minimum atomic E-state index is 0.218. The molecule has 1 fully saturated rings. The number of rotatable bonds is 6. The third-order valence-electron chi connectivity index (χ3n) is 3.12. The fraction of sp³-hybridized carbons (Fsp3) is 0.615. The maximum absolute atomic E-state index is 11.6. The lowest BCUT2D eigenvalue weighted by Crippen LogP contribution is -2.33. The molecule has 0 spiro atoms. The maximum Gasteiger partial charge on any atom is 0.220 e. The van der Waals surface area contributed by atoms with Crippen LogP contribution in [0.15, 0.2) is 17.5 Å². The van der Waals surface area contributed by atoms with Gasteiger partial charge in [0.1, 0.15) is 0 Å². The van der Waals surface area contributed by atoms with Gasteiger partial charge in [-0.1, -0.05) is 6.07 Å². The van der Waals surface area contributed by atoms with Gasteiger partial charge in [-0.15, -0.1) is 11.3 Å². The molecule has 2 rings (SSSR count). The molecule has 1 aliphatic rings. The molecule has 1 heterocycles. The number of nitrogens with one attached hydrogen (secondary N) is 1. The Morgan fingerprint density at radius 3 is 3.06 bits per heavy atom. The van der Waals surface area contributed by atoms with Gasteiger partial charge >= 0.3 is 0 Å². The van der Waals surface area contributed by atoms with Gasteiger partial charge in [-0.25, -0.2) is 0 Å². The number of carbonyl (C=O) groups is 1. The van der Waals surface area contributed by atoms with Crippen molar-refractivity contribution in [3.8, 4) is 0 Å². The molecule has 1 aromatic rings. The van der Waals surface area contributed by atoms with Crippen LogP contribution in [0.25, 0.3) is 0 Å². The molecular weight excluding hydrogens is 218 g/mol. The highest BCUT2D eigenvalue weighted by atomic mass is 32.1. The average molecular weight is 237 g/mol. The molecule has 1 amide bonds. The van der Waals surface area contributed by atoms with Gasteiger partial charge in [0.2, 0.25) is 5.91 Å². The first-order valence-electron chi connectivity index (χ1n) is 6.07. The average Bonchev–Trinajstić information content (AvgIpc) is 2.98. The first kappa shape index (κ1) is 11.6. The van der Waals surface area contributed by atoms with Crippen LogP contribution in [0.3, 0.4) is 0 Å². The van der Waals surface area contributed by atoms with Crippen LogP contribution in [0, 0.1) is 5.92 Å². The molecule has 88 valence electrons. The fourth-order valence-electron chi connectivity index (χ4n) is 1.92. The molecule has 1 saturated carbocycles. The normalized spacial score (nSPS) is 17.1. The van der Waals surface area contributed by atoms with Gasteiger partial charge in [0.15, 0.2) is 0 Å². The van der Waals surface area contributed by atoms with Gasteiger partial charge in [-0.05, 0) is 50.0 Å². The molecule has 2 nitrogen and oxygen atoms in total. The molecule has 1 N–H and O–H groups in total. The monoisotopic (exact) mass is 237 g/mol. The Hall–Kier alpha value is -0.830. The van der Waals surface area contributed by atoms with Crippen LogP contribution in [0.2, 0.25) is 0 Å². The van der Waals surface area contributed by atoms with Gasteiger partial charge < -0.3 is 5.32 Å². The molecule has 0 aliphatic heterocycles. The quantitative estimate of drug-likeness (QED) is 0.809. The highest BCUT2D eigenvalue weighted by Crippen LogP contribution is 2.32. The van der Waals surface area contributed by atoms with Crippen molar-refractivity contribution >= 4 is 17.2 Å². The number of hydrogen-bond donors (Lipinski definition) is 1. The summed E-state index contributed by atoms with van der Waals surface area (Å²) in [6, 6.07) is 4.58. The minimum Gasteiger partial charge on any atom is -0.353 e. The lowest BCUT2D eigenvalue weighted by molar-refractivity contribution is -0.121. The van der Waals surface area contributed by atoms with E-state index in [1.807, 2.05) is 0 Å². The van der Waals surface area contributed by atoms with Crippen molar-refractivity contribution in [1.82, 2.24) is 5.32 Å². The zero-order chi connectivity index (χ0) is 11.4. The summed E-state index contributed by atoms with van der Waals surface area (Å²) in [5, 5.41) is 5.17. The van der Waals surface area contributed by atoms with E-state index in [1.54, 1.807) is 11.3 Å². The van der Waals surface area contributed by atoms with E-state index in [4.69, 9.17) is 0 Å². The maximum atomic E-state index is 11.6. The molecule has 1 aliphatic carbocycles. The fourth-order valence-corrected chi connectivity index (χ4v) is 2.67. The van der Waals surface area contributed by atoms with Crippen molar-refractivity contribution in [2.75, 3.05) is 0 Å². The van der Waals surface area contributed by atoms with E-state index in [1.165, 1.54) is 17.7 Å². The van der Waals surface area contributed by atoms with E-state index < -0.39 is 0 Å². The Morgan fingerprint density at radius 1 is 1.62 bits per heavy atom. The minimum absolute atomic E-state index is 0.218. The zero-order valence-corrected chi connectivity index (χ0v) is 10.6. The molecule has 1 aromatic heterocycles. The van der Waals surface area contributed by atoms with Gasteiger partial charge in [-0.2, -0.15) is 0 Å². The third-order valence-corrected chi connectivity index (χ3v) is 4.06.